The highest BCUT2D eigenvalue weighted by molar-refractivity contribution is 8.00. The minimum atomic E-state index is -1.07. The lowest BCUT2D eigenvalue weighted by Crippen LogP contribution is -2.29. The summed E-state index contributed by atoms with van der Waals surface area (Å²) in [7, 11) is 0. The number of imidazole rings is 1. The van der Waals surface area contributed by atoms with E-state index in [4.69, 9.17) is 9.47 Å². The number of aryl methyl sites for hydroxylation is 2. The van der Waals surface area contributed by atoms with Gasteiger partial charge in [0.25, 0.3) is 5.78 Å². The first-order valence-electron chi connectivity index (χ1n) is 15.9. The molecule has 0 bridgehead atoms. The lowest BCUT2D eigenvalue weighted by atomic mass is 9.96. The Labute approximate surface area is 291 Å². The zero-order valence-corrected chi connectivity index (χ0v) is 29.4. The number of Topliss-reactive ketones (excluding diaryl/α,β-unsaturated/α-hetero) is 1. The number of thioether (sulfide) groups is 1. The average molecular weight is 702 g/mol. The van der Waals surface area contributed by atoms with Crippen LogP contribution in [0.3, 0.4) is 0 Å². The van der Waals surface area contributed by atoms with Crippen molar-refractivity contribution in [3.8, 4) is 11.5 Å². The molecule has 0 spiro atoms. The first kappa shape index (κ1) is 34.1. The topological polar surface area (TPSA) is 119 Å². The van der Waals surface area contributed by atoms with E-state index < -0.39 is 23.5 Å². The van der Waals surface area contributed by atoms with E-state index in [-0.39, 0.29) is 22.2 Å². The molecule has 1 atom stereocenters. The molecule has 1 amide bonds. The van der Waals surface area contributed by atoms with E-state index >= 15 is 0 Å². The summed E-state index contributed by atoms with van der Waals surface area (Å²) in [6.07, 6.45) is 2.68. The molecule has 5 aromatic rings. The van der Waals surface area contributed by atoms with E-state index in [0.29, 0.717) is 57.6 Å². The molecule has 254 valence electrons. The van der Waals surface area contributed by atoms with Crippen LogP contribution in [-0.2, 0) is 15.3 Å². The van der Waals surface area contributed by atoms with E-state index in [1.165, 1.54) is 28.8 Å². The number of amides is 1. The summed E-state index contributed by atoms with van der Waals surface area (Å²) in [6, 6.07) is 14.1. The van der Waals surface area contributed by atoms with E-state index in [0.717, 1.165) is 28.9 Å². The lowest BCUT2D eigenvalue weighted by molar-refractivity contribution is -0.132. The van der Waals surface area contributed by atoms with E-state index in [1.807, 2.05) is 36.6 Å². The maximum absolute atomic E-state index is 13.9. The van der Waals surface area contributed by atoms with Crippen LogP contribution in [0.4, 0.5) is 9.52 Å². The molecule has 1 aliphatic heterocycles. The molecule has 3 aromatic heterocycles. The molecular weight excluding hydrogens is 666 g/mol. The second kappa shape index (κ2) is 14.4. The number of fused-ring (bicyclic) bond motifs is 1. The summed E-state index contributed by atoms with van der Waals surface area (Å²) in [5.41, 5.74) is 3.59. The quantitative estimate of drug-likeness (QED) is 0.0459. The third kappa shape index (κ3) is 6.90. The first-order valence-corrected chi connectivity index (χ1v) is 17.7. The Morgan fingerprint density at radius 3 is 2.55 bits per heavy atom. The van der Waals surface area contributed by atoms with Crippen LogP contribution < -0.4 is 14.4 Å². The molecule has 0 aliphatic carbocycles. The Morgan fingerprint density at radius 2 is 1.84 bits per heavy atom. The first-order chi connectivity index (χ1) is 23.6. The Balaban J connectivity index is 1.44. The normalized spacial score (nSPS) is 15.9. The number of hydrogen-bond acceptors (Lipinski definition) is 10. The molecule has 1 fully saturated rings. The van der Waals surface area contributed by atoms with Gasteiger partial charge in [0.2, 0.25) is 5.13 Å². The van der Waals surface area contributed by atoms with Crippen LogP contribution in [0.25, 0.3) is 11.4 Å². The maximum Gasteiger partial charge on any atom is 0.301 e. The second-order valence-electron chi connectivity index (χ2n) is 12.0. The van der Waals surface area contributed by atoms with Crippen molar-refractivity contribution < 1.29 is 28.6 Å². The number of ether oxygens (including phenoxy) is 2. The van der Waals surface area contributed by atoms with Crippen LogP contribution in [0.1, 0.15) is 61.3 Å². The summed E-state index contributed by atoms with van der Waals surface area (Å²) in [4.78, 5) is 33.8. The monoisotopic (exact) mass is 701 g/mol. The number of hydrogen-bond donors (Lipinski definition) is 1. The Morgan fingerprint density at radius 1 is 1.06 bits per heavy atom. The highest BCUT2D eigenvalue weighted by Gasteiger charge is 2.49. The fourth-order valence-electron chi connectivity index (χ4n) is 5.59. The van der Waals surface area contributed by atoms with Gasteiger partial charge in [0.1, 0.15) is 17.2 Å². The number of aliphatic hydroxyl groups is 1. The molecule has 13 heteroatoms. The van der Waals surface area contributed by atoms with Gasteiger partial charge >= 0.3 is 5.91 Å². The molecule has 6 rings (SSSR count). The van der Waals surface area contributed by atoms with Crippen LogP contribution in [0.5, 0.6) is 11.5 Å². The lowest BCUT2D eigenvalue weighted by Gasteiger charge is -2.23. The van der Waals surface area contributed by atoms with E-state index in [9.17, 15) is 19.1 Å². The van der Waals surface area contributed by atoms with Crippen molar-refractivity contribution in [2.75, 3.05) is 18.1 Å². The molecule has 2 aromatic carbocycles. The predicted molar refractivity (Wildman–Crippen MR) is 188 cm³/mol. The number of ketones is 1. The number of aromatic nitrogens is 4. The molecule has 1 saturated heterocycles. The van der Waals surface area contributed by atoms with Crippen molar-refractivity contribution in [2.24, 2.45) is 5.92 Å². The number of nitrogens with zero attached hydrogens (tertiary/aromatic N) is 5. The van der Waals surface area contributed by atoms with Crippen LogP contribution >= 0.6 is 23.1 Å². The van der Waals surface area contributed by atoms with Crippen molar-refractivity contribution in [2.45, 2.75) is 57.2 Å². The SMILES string of the molecule is CCOc1cc(C2C(=C(O)c3nc4c(C)cccn4c3C)C(=O)C(=O)N2c2nnc(SCc3ccc(F)cc3)s2)ccc1OCCC(C)C. The number of aliphatic hydroxyl groups excluding tert-OH is 1. The smallest absolute Gasteiger partial charge is 0.301 e. The zero-order chi connectivity index (χ0) is 34.8. The fraction of sp³-hybridized carbons (Fsp3) is 0.306. The van der Waals surface area contributed by atoms with Crippen molar-refractivity contribution in [1.29, 1.82) is 0 Å². The molecule has 1 unspecified atom stereocenters. The minimum absolute atomic E-state index is 0.124. The number of carbonyl (C=O) groups excluding carboxylic acids is 2. The van der Waals surface area contributed by atoms with Gasteiger partial charge in [0, 0.05) is 11.9 Å². The minimum Gasteiger partial charge on any atom is -0.505 e. The summed E-state index contributed by atoms with van der Waals surface area (Å²) in [5.74, 6) is -0.512. The van der Waals surface area contributed by atoms with Gasteiger partial charge in [-0.1, -0.05) is 61.2 Å². The third-order valence-corrected chi connectivity index (χ3v) is 10.3. The highest BCUT2D eigenvalue weighted by Crippen LogP contribution is 2.46. The molecule has 10 nitrogen and oxygen atoms in total. The predicted octanol–water partition coefficient (Wildman–Crippen LogP) is 7.68. The zero-order valence-electron chi connectivity index (χ0n) is 27.8. The summed E-state index contributed by atoms with van der Waals surface area (Å²) >= 11 is 2.52. The maximum atomic E-state index is 13.9. The summed E-state index contributed by atoms with van der Waals surface area (Å²) in [6.45, 7) is 10.6. The van der Waals surface area contributed by atoms with Crippen LogP contribution in [0, 0.1) is 25.6 Å². The van der Waals surface area contributed by atoms with Gasteiger partial charge in [-0.15, -0.1) is 10.2 Å². The van der Waals surface area contributed by atoms with Gasteiger partial charge in [0.05, 0.1) is 30.5 Å². The van der Waals surface area contributed by atoms with Crippen LogP contribution in [-0.4, -0.2) is 49.6 Å². The number of pyridine rings is 1. The largest absolute Gasteiger partial charge is 0.505 e. The van der Waals surface area contributed by atoms with Gasteiger partial charge in [-0.25, -0.2) is 9.37 Å². The highest BCUT2D eigenvalue weighted by atomic mass is 32.2. The fourth-order valence-corrected chi connectivity index (χ4v) is 7.41. The molecule has 1 aliphatic rings. The Hall–Kier alpha value is -4.75. The van der Waals surface area contributed by atoms with Crippen molar-refractivity contribution in [3.05, 3.63) is 100 Å². The van der Waals surface area contributed by atoms with Gasteiger partial charge in [-0.2, -0.15) is 0 Å². The van der Waals surface area contributed by atoms with Crippen molar-refractivity contribution >= 4 is 51.3 Å². The van der Waals surface area contributed by atoms with Crippen LogP contribution in [0.2, 0.25) is 0 Å². The average Bonchev–Trinajstić information content (AvgIpc) is 3.76. The third-order valence-electron chi connectivity index (χ3n) is 8.17. The number of anilines is 1. The van der Waals surface area contributed by atoms with Gasteiger partial charge < -0.3 is 19.0 Å². The molecular formula is C36H36FN5O5S2. The van der Waals surface area contributed by atoms with E-state index in [1.54, 1.807) is 37.3 Å². The van der Waals surface area contributed by atoms with Gasteiger partial charge in [0.15, 0.2) is 21.6 Å². The van der Waals surface area contributed by atoms with Crippen molar-refractivity contribution in [1.82, 2.24) is 19.6 Å². The molecule has 49 heavy (non-hydrogen) atoms. The number of rotatable bonds is 12. The Kier molecular flexibility index (Phi) is 10.0. The molecule has 1 N–H and O–H groups in total. The van der Waals surface area contributed by atoms with Crippen molar-refractivity contribution in [3.63, 3.8) is 0 Å². The van der Waals surface area contributed by atoms with Gasteiger partial charge in [-0.05, 0) is 80.1 Å². The summed E-state index contributed by atoms with van der Waals surface area (Å²) < 4.78 is 27.8. The Bertz CT molecular complexity index is 2060. The molecule has 4 heterocycles. The number of carbonyl (C=O) groups is 2. The second-order valence-corrected chi connectivity index (χ2v) is 14.2. The van der Waals surface area contributed by atoms with Crippen LogP contribution in [0.15, 0.2) is 70.7 Å². The molecule has 0 saturated carbocycles. The van der Waals surface area contributed by atoms with Gasteiger partial charge in [-0.3, -0.25) is 14.5 Å². The standard InChI is InChI=1S/C36H36FN5O5S2/c1-6-46-27-18-24(11-14-26(27)47-17-15-20(2)3)30-28(31(43)29-22(5)41-16-7-8-21(4)33(41)38-29)32(44)34(45)42(30)35-39-40-36(49-35)48-19-23-9-12-25(37)13-10-23/h7-14,16,18,20,30,43H,6,15,17,19H2,1-5H3. The summed E-state index contributed by atoms with van der Waals surface area (Å²) in [5, 5.41) is 20.7. The van der Waals surface area contributed by atoms with E-state index in [2.05, 4.69) is 29.0 Å². The molecule has 0 radical (unpaired) electrons. The number of halogens is 1. The number of benzene rings is 2.